The first-order valence-electron chi connectivity index (χ1n) is 1.90. The fraction of sp³-hybridized carbons (Fsp3) is 1.00. The minimum atomic E-state index is -7.40. The summed E-state index contributed by atoms with van der Waals surface area (Å²) < 4.78 is 84.0. The molecule has 0 saturated carbocycles. The molecule has 0 aliphatic rings. The number of alkyl halides is 5. The first kappa shape index (κ1) is 15.8. The molecule has 0 aromatic carbocycles. The van der Waals surface area contributed by atoms with Crippen molar-refractivity contribution in [3.8, 4) is 0 Å². The molecular weight excluding hydrogens is 285 g/mol. The van der Waals surface area contributed by atoms with Crippen LogP contribution in [0.4, 0.5) is 22.0 Å². The van der Waals surface area contributed by atoms with Gasteiger partial charge in [0.25, 0.3) is 0 Å². The molecule has 0 aliphatic carbocycles. The monoisotopic (exact) mass is 286 g/mol. The Balaban J connectivity index is 0. The summed E-state index contributed by atoms with van der Waals surface area (Å²) in [6, 6.07) is 0. The van der Waals surface area contributed by atoms with Crippen molar-refractivity contribution in [2.24, 2.45) is 0 Å². The van der Waals surface area contributed by atoms with Crippen LogP contribution in [0, 0.1) is 0 Å². The van der Waals surface area contributed by atoms with E-state index < -0.39 is 24.0 Å². The van der Waals surface area contributed by atoms with E-state index in [4.69, 9.17) is 0 Å². The third-order valence-corrected chi connectivity index (χ3v) is 2.45. The maximum absolute atomic E-state index is 11.4. The minimum Gasteiger partial charge on any atom is 1.00 e. The van der Waals surface area contributed by atoms with Crippen LogP contribution in [-0.2, 0) is 7.67 Å². The molecule has 68 valence electrons. The second-order valence-electron chi connectivity index (χ2n) is 1.47. The number of halogens is 5. The van der Waals surface area contributed by atoms with Gasteiger partial charge in [0.15, 0.2) is 0 Å². The molecule has 0 aliphatic heterocycles. The van der Waals surface area contributed by atoms with E-state index in [0.29, 0.717) is 0 Å². The summed E-state index contributed by atoms with van der Waals surface area (Å²) in [5, 5.41) is 0. The van der Waals surface area contributed by atoms with Crippen molar-refractivity contribution in [1.29, 1.82) is 0 Å². The molecule has 0 atom stereocenters. The van der Waals surface area contributed by atoms with E-state index in [2.05, 4.69) is 0 Å². The van der Waals surface area contributed by atoms with Crippen LogP contribution in [-0.4, -0.2) is 24.0 Å². The standard InChI is InChI=1S/C2HF5O3Se.K/c3-1(4,5)2(6,7)11(8,9)10;/h(H,8,9,10);/q;+1/p-1. The SMILES string of the molecule is O=[Se](=O)([O-])C(F)(F)C(F)(F)F.[K+]. The summed E-state index contributed by atoms with van der Waals surface area (Å²) in [4.78, 5) is -6.14. The molecule has 3 nitrogen and oxygen atoms in total. The second-order valence-corrected chi connectivity index (χ2v) is 4.45. The maximum atomic E-state index is 11.4. The molecule has 0 aromatic heterocycles. The molecule has 0 rings (SSSR count). The van der Waals surface area contributed by atoms with E-state index in [1.54, 1.807) is 0 Å². The summed E-state index contributed by atoms with van der Waals surface area (Å²) >= 11 is -7.40. The third kappa shape index (κ3) is 3.26. The largest absolute Gasteiger partial charge is 1.00 e. The van der Waals surface area contributed by atoms with Crippen LogP contribution in [0.2, 0.25) is 0 Å². The van der Waals surface area contributed by atoms with E-state index in [0.717, 1.165) is 0 Å². The van der Waals surface area contributed by atoms with Crippen molar-refractivity contribution in [2.75, 3.05) is 0 Å². The number of hydrogen-bond acceptors (Lipinski definition) is 3. The van der Waals surface area contributed by atoms with Gasteiger partial charge in [-0.3, -0.25) is 0 Å². The van der Waals surface area contributed by atoms with Gasteiger partial charge < -0.3 is 0 Å². The quantitative estimate of drug-likeness (QED) is 0.378. The van der Waals surface area contributed by atoms with Crippen LogP contribution in [0.3, 0.4) is 0 Å². The average molecular weight is 285 g/mol. The molecular formula is C2F5KO3Se. The van der Waals surface area contributed by atoms with E-state index >= 15 is 0 Å². The minimum absolute atomic E-state index is 0. The average Bonchev–Trinajstić information content (AvgIpc) is 1.58. The Kier molecular flexibility index (Phi) is 5.62. The zero-order valence-corrected chi connectivity index (χ0v) is 10.4. The van der Waals surface area contributed by atoms with Crippen molar-refractivity contribution < 1.29 is 85.2 Å². The van der Waals surface area contributed by atoms with Gasteiger partial charge >= 0.3 is 109 Å². The summed E-state index contributed by atoms with van der Waals surface area (Å²) in [7, 11) is 0. The van der Waals surface area contributed by atoms with Crippen molar-refractivity contribution >= 4 is 13.0 Å². The zero-order chi connectivity index (χ0) is 9.50. The molecule has 0 heterocycles. The van der Waals surface area contributed by atoms with Crippen LogP contribution >= 0.6 is 0 Å². The molecule has 0 amide bonds. The molecule has 0 aromatic rings. The van der Waals surface area contributed by atoms with Crippen molar-refractivity contribution in [3.63, 3.8) is 0 Å². The summed E-state index contributed by atoms with van der Waals surface area (Å²) in [5.41, 5.74) is 0. The van der Waals surface area contributed by atoms with Crippen molar-refractivity contribution in [3.05, 3.63) is 0 Å². The van der Waals surface area contributed by atoms with Gasteiger partial charge in [0, 0.05) is 0 Å². The Hall–Kier alpha value is 1.37. The van der Waals surface area contributed by atoms with Crippen LogP contribution in [0.15, 0.2) is 0 Å². The first-order valence-corrected chi connectivity index (χ1v) is 4.85. The van der Waals surface area contributed by atoms with E-state index in [1.807, 2.05) is 0 Å². The van der Waals surface area contributed by atoms with E-state index in [-0.39, 0.29) is 51.4 Å². The molecule has 0 spiro atoms. The molecule has 0 bridgehead atoms. The van der Waals surface area contributed by atoms with Gasteiger partial charge in [0.05, 0.1) is 0 Å². The Morgan fingerprint density at radius 2 is 1.25 bits per heavy atom. The summed E-state index contributed by atoms with van der Waals surface area (Å²) in [6.07, 6.45) is -6.32. The van der Waals surface area contributed by atoms with Crippen LogP contribution in [0.1, 0.15) is 0 Å². The predicted molar refractivity (Wildman–Crippen MR) is 18.1 cm³/mol. The van der Waals surface area contributed by atoms with Crippen LogP contribution < -0.4 is 55.6 Å². The maximum Gasteiger partial charge on any atom is 1.00 e. The Morgan fingerprint density at radius 3 is 1.25 bits per heavy atom. The fourth-order valence-corrected chi connectivity index (χ4v) is 0.736. The van der Waals surface area contributed by atoms with Gasteiger partial charge in [-0.2, -0.15) is 0 Å². The molecule has 0 N–H and O–H groups in total. The summed E-state index contributed by atoms with van der Waals surface area (Å²) in [6.45, 7) is 0. The van der Waals surface area contributed by atoms with Gasteiger partial charge in [0.1, 0.15) is 0 Å². The van der Waals surface area contributed by atoms with Crippen LogP contribution in [0.5, 0.6) is 0 Å². The smallest absolute Gasteiger partial charge is 1.00 e. The third-order valence-electron chi connectivity index (χ3n) is 0.644. The summed E-state index contributed by atoms with van der Waals surface area (Å²) in [5.74, 6) is 0. The normalized spacial score (nSPS) is 13.8. The number of rotatable bonds is 1. The van der Waals surface area contributed by atoms with Crippen molar-refractivity contribution in [2.45, 2.75) is 11.0 Å². The zero-order valence-electron chi connectivity index (χ0n) is 5.52. The predicted octanol–water partition coefficient (Wildman–Crippen LogP) is -3.11. The van der Waals surface area contributed by atoms with Gasteiger partial charge in [0.2, 0.25) is 0 Å². The van der Waals surface area contributed by atoms with Gasteiger partial charge in [-0.25, -0.2) is 0 Å². The molecule has 10 heteroatoms. The van der Waals surface area contributed by atoms with Gasteiger partial charge in [-0.15, -0.1) is 0 Å². The molecule has 0 saturated heterocycles. The van der Waals surface area contributed by atoms with E-state index in [1.165, 1.54) is 0 Å². The Morgan fingerprint density at radius 1 is 1.00 bits per heavy atom. The van der Waals surface area contributed by atoms with Crippen molar-refractivity contribution in [1.82, 2.24) is 0 Å². The van der Waals surface area contributed by atoms with Crippen LogP contribution in [0.25, 0.3) is 0 Å². The van der Waals surface area contributed by atoms with Gasteiger partial charge in [-0.1, -0.05) is 0 Å². The topological polar surface area (TPSA) is 57.2 Å². The second kappa shape index (κ2) is 4.26. The molecule has 0 radical (unpaired) electrons. The Bertz CT molecular complexity index is 242. The Labute approximate surface area is 108 Å². The molecule has 0 fully saturated rings. The molecule has 0 unspecified atom stereocenters. The first-order chi connectivity index (χ1) is 4.50. The fourth-order valence-electron chi connectivity index (χ4n) is 0.142. The van der Waals surface area contributed by atoms with Gasteiger partial charge in [-0.05, 0) is 0 Å². The molecule has 12 heavy (non-hydrogen) atoms. The number of hydrogen-bond donors (Lipinski definition) is 0. The van der Waals surface area contributed by atoms with E-state index in [9.17, 15) is 33.8 Å².